The second-order valence-corrected chi connectivity index (χ2v) is 9.45. The number of ether oxygens (including phenoxy) is 1. The van der Waals surface area contributed by atoms with Crippen LogP contribution in [0.4, 0.5) is 0 Å². The summed E-state index contributed by atoms with van der Waals surface area (Å²) in [6.45, 7) is 9.52. The number of carbonyl (C=O) groups excluding carboxylic acids is 1. The Kier molecular flexibility index (Phi) is 25.2. The first-order valence-corrected chi connectivity index (χ1v) is 14.1. The molecule has 0 bridgehead atoms. The van der Waals surface area contributed by atoms with Gasteiger partial charge in [-0.25, -0.2) is 0 Å². The maximum Gasteiger partial charge on any atom is 0.320 e. The van der Waals surface area contributed by atoms with Gasteiger partial charge in [0.05, 0.1) is 13.2 Å². The van der Waals surface area contributed by atoms with Gasteiger partial charge in [0.1, 0.15) is 0 Å². The van der Waals surface area contributed by atoms with E-state index in [1.807, 2.05) is 6.92 Å². The Bertz CT molecular complexity index is 335. The third-order valence-electron chi connectivity index (χ3n) is 6.31. The summed E-state index contributed by atoms with van der Waals surface area (Å²) in [6, 6.07) is 0. The van der Waals surface area contributed by atoms with Crippen molar-refractivity contribution in [3.8, 4) is 0 Å². The van der Waals surface area contributed by atoms with E-state index in [2.05, 4.69) is 18.7 Å². The van der Waals surface area contributed by atoms with Crippen molar-refractivity contribution >= 4 is 5.97 Å². The van der Waals surface area contributed by atoms with Gasteiger partial charge in [0.2, 0.25) is 0 Å². The molecule has 0 amide bonds. The van der Waals surface area contributed by atoms with Gasteiger partial charge in [-0.1, -0.05) is 129 Å². The average Bonchev–Trinajstić information content (AvgIpc) is 2.76. The van der Waals surface area contributed by atoms with Crippen LogP contribution in [0.1, 0.15) is 149 Å². The number of hydrogen-bond donors (Lipinski definition) is 0. The Hall–Kier alpha value is -0.570. The third-order valence-corrected chi connectivity index (χ3v) is 6.31. The number of rotatable bonds is 25. The smallest absolute Gasteiger partial charge is 0.320 e. The molecule has 0 saturated heterocycles. The van der Waals surface area contributed by atoms with E-state index in [1.54, 1.807) is 0 Å². The highest BCUT2D eigenvalue weighted by molar-refractivity contribution is 5.71. The Morgan fingerprint density at radius 3 is 1.16 bits per heavy atom. The highest BCUT2D eigenvalue weighted by atomic mass is 16.5. The summed E-state index contributed by atoms with van der Waals surface area (Å²) in [6.07, 6.45) is 27.2. The van der Waals surface area contributed by atoms with Crippen molar-refractivity contribution < 1.29 is 9.53 Å². The summed E-state index contributed by atoms with van der Waals surface area (Å²) in [5.41, 5.74) is 0. The quantitative estimate of drug-likeness (QED) is 0.105. The molecule has 0 aliphatic rings. The van der Waals surface area contributed by atoms with Crippen LogP contribution in [0, 0.1) is 0 Å². The highest BCUT2D eigenvalue weighted by Gasteiger charge is 2.11. The fourth-order valence-electron chi connectivity index (χ4n) is 4.30. The summed E-state index contributed by atoms with van der Waals surface area (Å²) in [5.74, 6) is -0.0540. The summed E-state index contributed by atoms with van der Waals surface area (Å²) in [5, 5.41) is 0. The minimum Gasteiger partial charge on any atom is -0.465 e. The van der Waals surface area contributed by atoms with Crippen molar-refractivity contribution in [2.45, 2.75) is 149 Å². The van der Waals surface area contributed by atoms with Gasteiger partial charge in [-0.2, -0.15) is 0 Å². The minimum atomic E-state index is -0.0540. The van der Waals surface area contributed by atoms with E-state index < -0.39 is 0 Å². The molecule has 3 heteroatoms. The fourth-order valence-corrected chi connectivity index (χ4v) is 4.30. The number of unbranched alkanes of at least 4 members (excludes halogenated alkanes) is 18. The first-order chi connectivity index (χ1) is 15.2. The van der Waals surface area contributed by atoms with Gasteiger partial charge >= 0.3 is 5.97 Å². The average molecular weight is 440 g/mol. The summed E-state index contributed by atoms with van der Waals surface area (Å²) in [7, 11) is 0. The Labute approximate surface area is 196 Å². The van der Waals surface area contributed by atoms with Crippen LogP contribution in [-0.4, -0.2) is 37.1 Å². The molecular weight excluding hydrogens is 382 g/mol. The summed E-state index contributed by atoms with van der Waals surface area (Å²) < 4.78 is 5.19. The van der Waals surface area contributed by atoms with Gasteiger partial charge in [-0.15, -0.1) is 0 Å². The fraction of sp³-hybridized carbons (Fsp3) is 0.964. The zero-order valence-corrected chi connectivity index (χ0v) is 21.7. The number of carbonyl (C=O) groups is 1. The molecule has 0 aliphatic carbocycles. The molecule has 0 heterocycles. The molecule has 0 aliphatic heterocycles. The van der Waals surface area contributed by atoms with Gasteiger partial charge in [-0.3, -0.25) is 9.69 Å². The number of esters is 1. The molecule has 0 aromatic carbocycles. The Morgan fingerprint density at radius 2 is 0.839 bits per heavy atom. The second kappa shape index (κ2) is 25.7. The van der Waals surface area contributed by atoms with Gasteiger partial charge in [0.15, 0.2) is 0 Å². The number of hydrogen-bond acceptors (Lipinski definition) is 3. The van der Waals surface area contributed by atoms with Crippen molar-refractivity contribution in [3.05, 3.63) is 0 Å². The molecule has 0 N–H and O–H groups in total. The van der Waals surface area contributed by atoms with Crippen LogP contribution < -0.4 is 0 Å². The lowest BCUT2D eigenvalue weighted by Gasteiger charge is -2.21. The van der Waals surface area contributed by atoms with Crippen molar-refractivity contribution in [1.29, 1.82) is 0 Å². The maximum absolute atomic E-state index is 12.0. The van der Waals surface area contributed by atoms with E-state index in [9.17, 15) is 4.79 Å². The van der Waals surface area contributed by atoms with Gasteiger partial charge in [0.25, 0.3) is 0 Å². The van der Waals surface area contributed by atoms with E-state index in [0.29, 0.717) is 13.2 Å². The molecule has 0 unspecified atom stereocenters. The standard InChI is InChI=1S/C28H57NO2/c1-4-7-9-11-13-15-17-19-21-23-25-29(27-28(30)31-6-3)26-24-22-20-18-16-14-12-10-8-5-2/h4-27H2,1-3H3. The molecule has 0 fully saturated rings. The maximum atomic E-state index is 12.0. The third kappa shape index (κ3) is 23.9. The lowest BCUT2D eigenvalue weighted by Crippen LogP contribution is -2.32. The molecule has 0 aromatic heterocycles. The van der Waals surface area contributed by atoms with E-state index in [4.69, 9.17) is 4.74 Å². The Morgan fingerprint density at radius 1 is 0.516 bits per heavy atom. The molecule has 0 radical (unpaired) electrons. The molecule has 3 nitrogen and oxygen atoms in total. The first kappa shape index (κ1) is 30.4. The van der Waals surface area contributed by atoms with Crippen molar-refractivity contribution in [3.63, 3.8) is 0 Å². The summed E-state index contributed by atoms with van der Waals surface area (Å²) in [4.78, 5) is 14.3. The molecule has 0 saturated carbocycles. The molecule has 0 atom stereocenters. The van der Waals surface area contributed by atoms with E-state index in [-0.39, 0.29) is 5.97 Å². The van der Waals surface area contributed by atoms with Crippen LogP contribution >= 0.6 is 0 Å². The summed E-state index contributed by atoms with van der Waals surface area (Å²) >= 11 is 0. The van der Waals surface area contributed by atoms with Crippen molar-refractivity contribution in [2.75, 3.05) is 26.2 Å². The second-order valence-electron chi connectivity index (χ2n) is 9.45. The molecule has 0 spiro atoms. The lowest BCUT2D eigenvalue weighted by atomic mass is 10.1. The van der Waals surface area contributed by atoms with Crippen LogP contribution in [0.3, 0.4) is 0 Å². The zero-order chi connectivity index (χ0) is 22.8. The van der Waals surface area contributed by atoms with Crippen LogP contribution in [0.15, 0.2) is 0 Å². The largest absolute Gasteiger partial charge is 0.465 e. The minimum absolute atomic E-state index is 0.0540. The predicted octanol–water partition coefficient (Wildman–Crippen LogP) is 8.69. The van der Waals surface area contributed by atoms with Gasteiger partial charge in [0, 0.05) is 0 Å². The molecule has 0 rings (SSSR count). The van der Waals surface area contributed by atoms with E-state index in [1.165, 1.54) is 128 Å². The van der Waals surface area contributed by atoms with Gasteiger partial charge < -0.3 is 4.74 Å². The predicted molar refractivity (Wildman–Crippen MR) is 137 cm³/mol. The van der Waals surface area contributed by atoms with Crippen LogP contribution in [-0.2, 0) is 9.53 Å². The Balaban J connectivity index is 3.77. The molecular formula is C28H57NO2. The van der Waals surface area contributed by atoms with Crippen LogP contribution in [0.2, 0.25) is 0 Å². The first-order valence-electron chi connectivity index (χ1n) is 14.1. The van der Waals surface area contributed by atoms with Crippen molar-refractivity contribution in [2.24, 2.45) is 0 Å². The van der Waals surface area contributed by atoms with Crippen LogP contribution in [0.25, 0.3) is 0 Å². The SMILES string of the molecule is CCCCCCCCCCCCN(CCCCCCCCCCCC)CC(=O)OCC. The number of nitrogens with zero attached hydrogens (tertiary/aromatic N) is 1. The molecule has 186 valence electrons. The lowest BCUT2D eigenvalue weighted by molar-refractivity contribution is -0.144. The molecule has 0 aromatic rings. The topological polar surface area (TPSA) is 29.5 Å². The van der Waals surface area contributed by atoms with E-state index in [0.717, 1.165) is 13.1 Å². The van der Waals surface area contributed by atoms with Crippen LogP contribution in [0.5, 0.6) is 0 Å². The monoisotopic (exact) mass is 439 g/mol. The molecule has 31 heavy (non-hydrogen) atoms. The zero-order valence-electron chi connectivity index (χ0n) is 21.7. The van der Waals surface area contributed by atoms with Gasteiger partial charge in [-0.05, 0) is 32.9 Å². The normalized spacial score (nSPS) is 11.4. The van der Waals surface area contributed by atoms with E-state index >= 15 is 0 Å². The highest BCUT2D eigenvalue weighted by Crippen LogP contribution is 2.13. The van der Waals surface area contributed by atoms with Crippen molar-refractivity contribution in [1.82, 2.24) is 4.90 Å².